The summed E-state index contributed by atoms with van der Waals surface area (Å²) in [6.07, 6.45) is 4.53. The van der Waals surface area contributed by atoms with E-state index in [4.69, 9.17) is 9.26 Å². The van der Waals surface area contributed by atoms with Crippen molar-refractivity contribution < 1.29 is 18.8 Å². The minimum Gasteiger partial charge on any atom is -0.462 e. The van der Waals surface area contributed by atoms with Crippen LogP contribution < -0.4 is 5.32 Å². The molecule has 0 aliphatic rings. The molecule has 0 aliphatic carbocycles. The molecule has 0 fully saturated rings. The first-order valence-corrected chi connectivity index (χ1v) is 10.5. The van der Waals surface area contributed by atoms with Crippen molar-refractivity contribution >= 4 is 17.6 Å². The maximum absolute atomic E-state index is 12.6. The Labute approximate surface area is 190 Å². The highest BCUT2D eigenvalue weighted by molar-refractivity contribution is 6.01. The lowest BCUT2D eigenvalue weighted by molar-refractivity contribution is -0.115. The van der Waals surface area contributed by atoms with Gasteiger partial charge >= 0.3 is 5.97 Å². The molecule has 166 valence electrons. The third kappa shape index (κ3) is 6.10. The average molecular weight is 442 g/mol. The van der Waals surface area contributed by atoms with Crippen molar-refractivity contribution in [3.05, 3.63) is 96.1 Å². The molecule has 0 aliphatic heterocycles. The molecule has 0 atom stereocenters. The van der Waals surface area contributed by atoms with Gasteiger partial charge in [0, 0.05) is 24.4 Å². The lowest BCUT2D eigenvalue weighted by Gasteiger charge is -2.11. The van der Waals surface area contributed by atoms with Crippen LogP contribution in [0.2, 0.25) is 0 Å². The fourth-order valence-electron chi connectivity index (χ4n) is 3.18. The minimum atomic E-state index is -0.507. The van der Waals surface area contributed by atoms with Crippen LogP contribution in [0.15, 0.2) is 83.6 Å². The number of ether oxygens (including phenoxy) is 1. The van der Waals surface area contributed by atoms with Gasteiger partial charge in [-0.05, 0) is 36.2 Å². The largest absolute Gasteiger partial charge is 0.462 e. The first-order chi connectivity index (χ1) is 16.2. The average Bonchev–Trinajstić information content (AvgIpc) is 3.32. The molecular formula is C25H22N4O4. The molecule has 0 bridgehead atoms. The number of benzene rings is 2. The van der Waals surface area contributed by atoms with E-state index >= 15 is 0 Å². The van der Waals surface area contributed by atoms with Gasteiger partial charge in [0.05, 0.1) is 24.3 Å². The van der Waals surface area contributed by atoms with E-state index < -0.39 is 5.97 Å². The summed E-state index contributed by atoms with van der Waals surface area (Å²) < 4.78 is 10.6. The molecule has 2 heterocycles. The highest BCUT2D eigenvalue weighted by atomic mass is 16.5. The van der Waals surface area contributed by atoms with Crippen LogP contribution in [0.4, 0.5) is 5.69 Å². The maximum atomic E-state index is 12.6. The SMILES string of the molecule is O=C(Cc1ccccc1)Nc1ccccc1C(=O)OCCCc1nc(-c2cccnc2)no1. The van der Waals surface area contributed by atoms with E-state index in [-0.39, 0.29) is 18.9 Å². The summed E-state index contributed by atoms with van der Waals surface area (Å²) in [5.41, 5.74) is 2.38. The lowest BCUT2D eigenvalue weighted by Crippen LogP contribution is -2.17. The number of hydrogen-bond donors (Lipinski definition) is 1. The summed E-state index contributed by atoms with van der Waals surface area (Å²) in [5, 5.41) is 6.74. The van der Waals surface area contributed by atoms with E-state index in [2.05, 4.69) is 20.4 Å². The first kappa shape index (κ1) is 21.9. The van der Waals surface area contributed by atoms with Crippen LogP contribution in [0.1, 0.15) is 28.2 Å². The second-order valence-corrected chi connectivity index (χ2v) is 7.25. The van der Waals surface area contributed by atoms with Crippen molar-refractivity contribution in [3.8, 4) is 11.4 Å². The zero-order valence-corrected chi connectivity index (χ0v) is 17.8. The van der Waals surface area contributed by atoms with E-state index in [1.54, 1.807) is 42.7 Å². The normalized spacial score (nSPS) is 10.5. The van der Waals surface area contributed by atoms with Crippen LogP contribution >= 0.6 is 0 Å². The number of aromatic nitrogens is 3. The van der Waals surface area contributed by atoms with Crippen molar-refractivity contribution in [2.24, 2.45) is 0 Å². The van der Waals surface area contributed by atoms with E-state index in [0.29, 0.717) is 35.8 Å². The molecule has 1 N–H and O–H groups in total. The fourth-order valence-corrected chi connectivity index (χ4v) is 3.18. The van der Waals surface area contributed by atoms with Crippen LogP contribution in [-0.4, -0.2) is 33.6 Å². The quantitative estimate of drug-likeness (QED) is 0.307. The third-order valence-corrected chi connectivity index (χ3v) is 4.78. The Balaban J connectivity index is 1.28. The van der Waals surface area contributed by atoms with Crippen LogP contribution in [-0.2, 0) is 22.4 Å². The molecule has 8 nitrogen and oxygen atoms in total. The smallest absolute Gasteiger partial charge is 0.340 e. The number of aryl methyl sites for hydroxylation is 1. The summed E-state index contributed by atoms with van der Waals surface area (Å²) in [7, 11) is 0. The van der Waals surface area contributed by atoms with Crippen molar-refractivity contribution in [2.45, 2.75) is 19.3 Å². The van der Waals surface area contributed by atoms with Gasteiger partial charge in [-0.25, -0.2) is 4.79 Å². The molecule has 2 aromatic carbocycles. The standard InChI is InChI=1S/C25H22N4O4/c30-22(16-18-8-2-1-3-9-18)27-21-12-5-4-11-20(21)25(31)32-15-7-13-23-28-24(29-33-23)19-10-6-14-26-17-19/h1-6,8-12,14,17H,7,13,15-16H2,(H,27,30). The molecule has 0 radical (unpaired) electrons. The molecule has 0 saturated heterocycles. The van der Waals surface area contributed by atoms with Gasteiger partial charge in [-0.3, -0.25) is 9.78 Å². The number of rotatable bonds is 9. The van der Waals surface area contributed by atoms with E-state index in [9.17, 15) is 9.59 Å². The second-order valence-electron chi connectivity index (χ2n) is 7.25. The number of hydrogen-bond acceptors (Lipinski definition) is 7. The van der Waals surface area contributed by atoms with E-state index in [0.717, 1.165) is 11.1 Å². The number of anilines is 1. The number of amides is 1. The summed E-state index contributed by atoms with van der Waals surface area (Å²) >= 11 is 0. The molecular weight excluding hydrogens is 420 g/mol. The number of carbonyl (C=O) groups excluding carboxylic acids is 2. The third-order valence-electron chi connectivity index (χ3n) is 4.78. The van der Waals surface area contributed by atoms with Gasteiger partial charge in [-0.1, -0.05) is 47.6 Å². The lowest BCUT2D eigenvalue weighted by atomic mass is 10.1. The van der Waals surface area contributed by atoms with Crippen LogP contribution in [0.25, 0.3) is 11.4 Å². The minimum absolute atomic E-state index is 0.176. The molecule has 2 aromatic heterocycles. The number of nitrogens with one attached hydrogen (secondary N) is 1. The second kappa shape index (κ2) is 10.8. The number of pyridine rings is 1. The molecule has 8 heteroatoms. The predicted octanol–water partition coefficient (Wildman–Crippen LogP) is 4.10. The monoisotopic (exact) mass is 442 g/mol. The number of esters is 1. The Kier molecular flexibility index (Phi) is 7.17. The molecule has 1 amide bonds. The zero-order chi connectivity index (χ0) is 22.9. The van der Waals surface area contributed by atoms with Crippen molar-refractivity contribution in [1.29, 1.82) is 0 Å². The van der Waals surface area contributed by atoms with E-state index in [1.165, 1.54) is 0 Å². The Morgan fingerprint density at radius 1 is 0.970 bits per heavy atom. The Hall–Kier alpha value is -4.33. The topological polar surface area (TPSA) is 107 Å². The van der Waals surface area contributed by atoms with Crippen LogP contribution in [0.5, 0.6) is 0 Å². The van der Waals surface area contributed by atoms with Crippen molar-refractivity contribution in [2.75, 3.05) is 11.9 Å². The highest BCUT2D eigenvalue weighted by Gasteiger charge is 2.15. The van der Waals surface area contributed by atoms with Gasteiger partial charge in [0.1, 0.15) is 0 Å². The molecule has 4 aromatic rings. The molecule has 33 heavy (non-hydrogen) atoms. The van der Waals surface area contributed by atoms with Crippen LogP contribution in [0.3, 0.4) is 0 Å². The van der Waals surface area contributed by atoms with Gasteiger partial charge in [-0.2, -0.15) is 4.98 Å². The van der Waals surface area contributed by atoms with Gasteiger partial charge in [0.15, 0.2) is 0 Å². The number of para-hydroxylation sites is 1. The molecule has 0 spiro atoms. The van der Waals surface area contributed by atoms with Crippen molar-refractivity contribution in [1.82, 2.24) is 15.1 Å². The maximum Gasteiger partial charge on any atom is 0.340 e. The fraction of sp³-hybridized carbons (Fsp3) is 0.160. The first-order valence-electron chi connectivity index (χ1n) is 10.5. The summed E-state index contributed by atoms with van der Waals surface area (Å²) in [6.45, 7) is 0.176. The Morgan fingerprint density at radius 3 is 2.61 bits per heavy atom. The predicted molar refractivity (Wildman–Crippen MR) is 121 cm³/mol. The number of nitrogens with zero attached hydrogens (tertiary/aromatic N) is 3. The molecule has 0 saturated carbocycles. The van der Waals surface area contributed by atoms with Gasteiger partial charge in [0.2, 0.25) is 17.6 Å². The van der Waals surface area contributed by atoms with Crippen molar-refractivity contribution in [3.63, 3.8) is 0 Å². The van der Waals surface area contributed by atoms with Crippen LogP contribution in [0, 0.1) is 0 Å². The summed E-state index contributed by atoms with van der Waals surface area (Å²) in [5.74, 6) is 0.211. The summed E-state index contributed by atoms with van der Waals surface area (Å²) in [6, 6.07) is 19.8. The van der Waals surface area contributed by atoms with Gasteiger partial charge in [-0.15, -0.1) is 0 Å². The Bertz CT molecular complexity index is 1210. The van der Waals surface area contributed by atoms with E-state index in [1.807, 2.05) is 36.4 Å². The zero-order valence-electron chi connectivity index (χ0n) is 17.8. The Morgan fingerprint density at radius 2 is 1.79 bits per heavy atom. The van der Waals surface area contributed by atoms with Gasteiger partial charge < -0.3 is 14.6 Å². The highest BCUT2D eigenvalue weighted by Crippen LogP contribution is 2.18. The molecule has 4 rings (SSSR count). The van der Waals surface area contributed by atoms with Gasteiger partial charge in [0.25, 0.3) is 0 Å². The number of carbonyl (C=O) groups is 2. The molecule has 0 unspecified atom stereocenters. The summed E-state index contributed by atoms with van der Waals surface area (Å²) in [4.78, 5) is 33.3.